The average Bonchev–Trinajstić information content (AvgIpc) is 2.28. The summed E-state index contributed by atoms with van der Waals surface area (Å²) >= 11 is 0. The molecule has 0 fully saturated rings. The van der Waals surface area contributed by atoms with E-state index in [-0.39, 0.29) is 5.31 Å². The van der Waals surface area contributed by atoms with Crippen LogP contribution in [-0.2, 0) is 5.31 Å². The number of fused-ring (bicyclic) bond motifs is 1. The molecule has 1 atom stereocenters. The van der Waals surface area contributed by atoms with Crippen molar-refractivity contribution in [3.05, 3.63) is 48.0 Å². The van der Waals surface area contributed by atoms with Crippen LogP contribution in [0.3, 0.4) is 0 Å². The van der Waals surface area contributed by atoms with Crippen molar-refractivity contribution >= 4 is 18.6 Å². The molecule has 0 radical (unpaired) electrons. The second-order valence-corrected chi connectivity index (χ2v) is 4.76. The smallest absolute Gasteiger partial charge is 0.0652 e. The summed E-state index contributed by atoms with van der Waals surface area (Å²) in [6, 6.07) is 15.2. The predicted octanol–water partition coefficient (Wildman–Crippen LogP) is 3.10. The highest BCUT2D eigenvalue weighted by Crippen LogP contribution is 2.30. The molecular formula is C14H17B. The van der Waals surface area contributed by atoms with Gasteiger partial charge in [0.2, 0.25) is 0 Å². The van der Waals surface area contributed by atoms with Crippen LogP contribution in [0.1, 0.15) is 25.8 Å². The average molecular weight is 196 g/mol. The number of hydrogen-bond acceptors (Lipinski definition) is 0. The van der Waals surface area contributed by atoms with E-state index in [0.29, 0.717) is 0 Å². The first-order valence-corrected chi connectivity index (χ1v) is 5.63. The summed E-state index contributed by atoms with van der Waals surface area (Å²) in [6.07, 6.45) is 1.17. The van der Waals surface area contributed by atoms with Crippen molar-refractivity contribution in [3.63, 3.8) is 0 Å². The molecule has 2 aromatic carbocycles. The minimum absolute atomic E-state index is 0.265. The Morgan fingerprint density at radius 1 is 1.07 bits per heavy atom. The molecule has 0 bridgehead atoms. The maximum atomic E-state index is 2.31. The fraction of sp³-hybridized carbons (Fsp3) is 0.286. The standard InChI is InChI=1S/C14H17B/c1-3-14(2,15)13-10-6-8-11-7-4-5-9-12(11)13/h4-10H,3,15H2,1-2H3. The Balaban J connectivity index is 2.71. The van der Waals surface area contributed by atoms with Gasteiger partial charge in [-0.05, 0) is 21.7 Å². The molecule has 0 spiro atoms. The first-order chi connectivity index (χ1) is 7.15. The van der Waals surface area contributed by atoms with Gasteiger partial charge in [-0.15, -0.1) is 0 Å². The molecule has 0 aliphatic heterocycles. The highest BCUT2D eigenvalue weighted by molar-refractivity contribution is 6.17. The Morgan fingerprint density at radius 3 is 2.47 bits per heavy atom. The van der Waals surface area contributed by atoms with E-state index in [1.54, 1.807) is 0 Å². The Hall–Kier alpha value is -1.24. The van der Waals surface area contributed by atoms with Crippen molar-refractivity contribution in [3.8, 4) is 0 Å². The van der Waals surface area contributed by atoms with Gasteiger partial charge in [-0.25, -0.2) is 0 Å². The summed E-state index contributed by atoms with van der Waals surface area (Å²) in [7, 11) is 2.31. The molecule has 0 N–H and O–H groups in total. The lowest BCUT2D eigenvalue weighted by atomic mass is 9.63. The van der Waals surface area contributed by atoms with Crippen LogP contribution in [0, 0.1) is 0 Å². The number of rotatable bonds is 2. The fourth-order valence-corrected chi connectivity index (χ4v) is 2.01. The third-order valence-corrected chi connectivity index (χ3v) is 3.40. The number of hydrogen-bond donors (Lipinski definition) is 0. The lowest BCUT2D eigenvalue weighted by molar-refractivity contribution is 0.654. The van der Waals surface area contributed by atoms with Gasteiger partial charge in [-0.2, -0.15) is 0 Å². The van der Waals surface area contributed by atoms with Crippen LogP contribution in [0.25, 0.3) is 10.8 Å². The van der Waals surface area contributed by atoms with Crippen molar-refractivity contribution in [2.45, 2.75) is 25.6 Å². The highest BCUT2D eigenvalue weighted by Gasteiger charge is 2.19. The Bertz CT molecular complexity index is 466. The van der Waals surface area contributed by atoms with Gasteiger partial charge in [-0.3, -0.25) is 0 Å². The first kappa shape index (κ1) is 10.3. The minimum Gasteiger partial charge on any atom is -0.0652 e. The van der Waals surface area contributed by atoms with Crippen LogP contribution in [0.15, 0.2) is 42.5 Å². The van der Waals surface area contributed by atoms with Gasteiger partial charge < -0.3 is 0 Å². The molecule has 1 unspecified atom stereocenters. The van der Waals surface area contributed by atoms with Gasteiger partial charge in [0.05, 0.1) is 0 Å². The van der Waals surface area contributed by atoms with Gasteiger partial charge in [0.1, 0.15) is 7.85 Å². The molecule has 0 saturated heterocycles. The maximum absolute atomic E-state index is 2.31. The summed E-state index contributed by atoms with van der Waals surface area (Å²) < 4.78 is 0. The van der Waals surface area contributed by atoms with Gasteiger partial charge in [0, 0.05) is 0 Å². The zero-order chi connectivity index (χ0) is 10.9. The fourth-order valence-electron chi connectivity index (χ4n) is 2.01. The molecule has 76 valence electrons. The monoisotopic (exact) mass is 196 g/mol. The molecule has 0 heterocycles. The van der Waals surface area contributed by atoms with Crippen LogP contribution >= 0.6 is 0 Å². The molecule has 15 heavy (non-hydrogen) atoms. The van der Waals surface area contributed by atoms with Crippen molar-refractivity contribution in [2.24, 2.45) is 0 Å². The molecule has 0 nitrogen and oxygen atoms in total. The highest BCUT2D eigenvalue weighted by atomic mass is 14.2. The van der Waals surface area contributed by atoms with Crippen LogP contribution in [0.2, 0.25) is 0 Å². The van der Waals surface area contributed by atoms with E-state index in [2.05, 4.69) is 64.2 Å². The molecule has 0 saturated carbocycles. The Labute approximate surface area is 92.7 Å². The van der Waals surface area contributed by atoms with Crippen molar-refractivity contribution in [2.75, 3.05) is 0 Å². The van der Waals surface area contributed by atoms with Crippen LogP contribution < -0.4 is 0 Å². The Morgan fingerprint density at radius 2 is 1.73 bits per heavy atom. The third-order valence-electron chi connectivity index (χ3n) is 3.40. The SMILES string of the molecule is BC(C)(CC)c1cccc2ccccc12. The van der Waals surface area contributed by atoms with Crippen LogP contribution in [-0.4, -0.2) is 7.85 Å². The van der Waals surface area contributed by atoms with E-state index < -0.39 is 0 Å². The van der Waals surface area contributed by atoms with E-state index in [1.807, 2.05) is 0 Å². The van der Waals surface area contributed by atoms with Crippen molar-refractivity contribution < 1.29 is 0 Å². The lowest BCUT2D eigenvalue weighted by Crippen LogP contribution is -2.20. The number of benzene rings is 2. The normalized spacial score (nSPS) is 15.1. The first-order valence-electron chi connectivity index (χ1n) is 5.63. The lowest BCUT2D eigenvalue weighted by Gasteiger charge is -2.25. The van der Waals surface area contributed by atoms with Gasteiger partial charge in [0.15, 0.2) is 0 Å². The van der Waals surface area contributed by atoms with Crippen molar-refractivity contribution in [1.82, 2.24) is 0 Å². The molecule has 0 amide bonds. The largest absolute Gasteiger partial charge is 0.114 e. The summed E-state index contributed by atoms with van der Waals surface area (Å²) in [5.74, 6) is 0. The molecular weight excluding hydrogens is 179 g/mol. The molecule has 2 rings (SSSR count). The quantitative estimate of drug-likeness (QED) is 0.647. The maximum Gasteiger partial charge on any atom is 0.114 e. The zero-order valence-electron chi connectivity index (χ0n) is 9.75. The van der Waals surface area contributed by atoms with Gasteiger partial charge >= 0.3 is 0 Å². The van der Waals surface area contributed by atoms with E-state index in [9.17, 15) is 0 Å². The van der Waals surface area contributed by atoms with E-state index in [1.165, 1.54) is 22.8 Å². The summed E-state index contributed by atoms with van der Waals surface area (Å²) in [6.45, 7) is 4.57. The topological polar surface area (TPSA) is 0 Å². The van der Waals surface area contributed by atoms with Crippen molar-refractivity contribution in [1.29, 1.82) is 0 Å². The van der Waals surface area contributed by atoms with Crippen LogP contribution in [0.4, 0.5) is 0 Å². The zero-order valence-corrected chi connectivity index (χ0v) is 9.75. The molecule has 0 aliphatic carbocycles. The van der Waals surface area contributed by atoms with Gasteiger partial charge in [-0.1, -0.05) is 62.7 Å². The summed E-state index contributed by atoms with van der Waals surface area (Å²) in [5, 5.41) is 3.00. The second kappa shape index (κ2) is 3.73. The molecule has 1 heteroatoms. The molecule has 0 aliphatic rings. The molecule has 0 aromatic heterocycles. The Kier molecular flexibility index (Phi) is 2.56. The van der Waals surface area contributed by atoms with E-state index in [4.69, 9.17) is 0 Å². The van der Waals surface area contributed by atoms with E-state index >= 15 is 0 Å². The summed E-state index contributed by atoms with van der Waals surface area (Å²) in [4.78, 5) is 0. The van der Waals surface area contributed by atoms with Gasteiger partial charge in [0.25, 0.3) is 0 Å². The summed E-state index contributed by atoms with van der Waals surface area (Å²) in [5.41, 5.74) is 1.46. The minimum atomic E-state index is 0.265. The second-order valence-electron chi connectivity index (χ2n) is 4.76. The van der Waals surface area contributed by atoms with Crippen LogP contribution in [0.5, 0.6) is 0 Å². The predicted molar refractivity (Wildman–Crippen MR) is 70.1 cm³/mol. The molecule has 2 aromatic rings. The third kappa shape index (κ3) is 1.79. The van der Waals surface area contributed by atoms with E-state index in [0.717, 1.165) is 0 Å².